The summed E-state index contributed by atoms with van der Waals surface area (Å²) >= 11 is 2.68. The summed E-state index contributed by atoms with van der Waals surface area (Å²) in [5.41, 5.74) is 2.13. The Labute approximate surface area is 197 Å². The van der Waals surface area contributed by atoms with Crippen LogP contribution in [0.4, 0.5) is 10.8 Å². The molecule has 11 heteroatoms. The normalized spacial score (nSPS) is 13.7. The van der Waals surface area contributed by atoms with Gasteiger partial charge in [-0.2, -0.15) is 5.26 Å². The molecule has 164 valence electrons. The highest BCUT2D eigenvalue weighted by molar-refractivity contribution is 8.00. The molecule has 1 N–H and O–H groups in total. The van der Waals surface area contributed by atoms with Crippen molar-refractivity contribution >= 4 is 60.6 Å². The summed E-state index contributed by atoms with van der Waals surface area (Å²) in [7, 11) is -3.81. The second-order valence-corrected chi connectivity index (χ2v) is 11.2. The van der Waals surface area contributed by atoms with E-state index in [2.05, 4.69) is 21.6 Å². The first-order valence-corrected chi connectivity index (χ1v) is 13.0. The molecule has 33 heavy (non-hydrogen) atoms. The molecule has 0 radical (unpaired) electrons. The largest absolute Gasteiger partial charge is 0.299 e. The Morgan fingerprint density at radius 1 is 1.09 bits per heavy atom. The van der Waals surface area contributed by atoms with Crippen LogP contribution in [0, 0.1) is 11.3 Å². The van der Waals surface area contributed by atoms with Crippen molar-refractivity contribution in [2.75, 3.05) is 16.2 Å². The van der Waals surface area contributed by atoms with E-state index in [9.17, 15) is 13.2 Å². The van der Waals surface area contributed by atoms with E-state index in [1.165, 1.54) is 23.1 Å². The minimum absolute atomic E-state index is 0.209. The summed E-state index contributed by atoms with van der Waals surface area (Å²) in [6, 6.07) is 19.8. The van der Waals surface area contributed by atoms with Crippen LogP contribution >= 0.6 is 23.1 Å². The highest BCUT2D eigenvalue weighted by Gasteiger charge is 2.36. The van der Waals surface area contributed by atoms with Gasteiger partial charge in [0.1, 0.15) is 6.54 Å². The molecule has 0 spiro atoms. The summed E-state index contributed by atoms with van der Waals surface area (Å²) in [6.45, 7) is -0.358. The van der Waals surface area contributed by atoms with Gasteiger partial charge in [0.25, 0.3) is 10.0 Å². The van der Waals surface area contributed by atoms with Crippen LogP contribution in [-0.2, 0) is 20.6 Å². The monoisotopic (exact) mass is 493 g/mol. The van der Waals surface area contributed by atoms with Crippen molar-refractivity contribution in [1.82, 2.24) is 10.2 Å². The fourth-order valence-electron chi connectivity index (χ4n) is 3.56. The minimum atomic E-state index is -3.81. The van der Waals surface area contributed by atoms with E-state index in [4.69, 9.17) is 5.26 Å². The molecule has 0 saturated carbocycles. The SMILES string of the molecule is N#Cc1ccc(CSc2nnc(NC(=O)CN3c4cccc5cccc(c45)S3(=O)=O)s2)cc1. The van der Waals surface area contributed by atoms with Crippen molar-refractivity contribution in [2.24, 2.45) is 0 Å². The molecule has 0 fully saturated rings. The van der Waals surface area contributed by atoms with Crippen LogP contribution in [0.25, 0.3) is 10.8 Å². The van der Waals surface area contributed by atoms with E-state index in [1.807, 2.05) is 24.3 Å². The van der Waals surface area contributed by atoms with Gasteiger partial charge in [-0.25, -0.2) is 8.42 Å². The molecule has 8 nitrogen and oxygen atoms in total. The maximum atomic E-state index is 13.0. The van der Waals surface area contributed by atoms with Crippen molar-refractivity contribution < 1.29 is 13.2 Å². The van der Waals surface area contributed by atoms with Gasteiger partial charge in [0, 0.05) is 11.1 Å². The highest BCUT2D eigenvalue weighted by Crippen LogP contribution is 2.41. The molecule has 1 amide bonds. The Bertz CT molecular complexity index is 1520. The van der Waals surface area contributed by atoms with Gasteiger partial charge in [-0.15, -0.1) is 10.2 Å². The third-order valence-electron chi connectivity index (χ3n) is 5.07. The Morgan fingerprint density at radius 3 is 2.61 bits per heavy atom. The lowest BCUT2D eigenvalue weighted by atomic mass is 10.1. The number of hydrogen-bond donors (Lipinski definition) is 1. The molecular weight excluding hydrogens is 478 g/mol. The number of aromatic nitrogens is 2. The molecule has 1 aliphatic heterocycles. The van der Waals surface area contributed by atoms with E-state index in [0.29, 0.717) is 31.9 Å². The van der Waals surface area contributed by atoms with Gasteiger partial charge in [0.2, 0.25) is 11.0 Å². The molecule has 0 unspecified atom stereocenters. The molecule has 1 aromatic heterocycles. The van der Waals surface area contributed by atoms with E-state index in [-0.39, 0.29) is 11.4 Å². The zero-order valence-corrected chi connectivity index (χ0v) is 19.4. The van der Waals surface area contributed by atoms with E-state index in [1.54, 1.807) is 36.4 Å². The lowest BCUT2D eigenvalue weighted by Crippen LogP contribution is -2.35. The number of thioether (sulfide) groups is 1. The zero-order chi connectivity index (χ0) is 23.0. The number of rotatable bonds is 6. The molecule has 2 heterocycles. The fraction of sp³-hybridized carbons (Fsp3) is 0.0909. The fourth-order valence-corrected chi connectivity index (χ4v) is 6.95. The van der Waals surface area contributed by atoms with Gasteiger partial charge < -0.3 is 0 Å². The van der Waals surface area contributed by atoms with Crippen molar-refractivity contribution in [3.63, 3.8) is 0 Å². The molecule has 1 aliphatic rings. The van der Waals surface area contributed by atoms with Crippen molar-refractivity contribution in [3.05, 3.63) is 71.8 Å². The first kappa shape index (κ1) is 21.4. The average Bonchev–Trinajstić information content (AvgIpc) is 3.35. The predicted molar refractivity (Wildman–Crippen MR) is 128 cm³/mol. The Kier molecular flexibility index (Phi) is 5.49. The number of sulfonamides is 1. The lowest BCUT2D eigenvalue weighted by Gasteiger charge is -2.17. The molecule has 5 rings (SSSR count). The van der Waals surface area contributed by atoms with Crippen molar-refractivity contribution in [3.8, 4) is 6.07 Å². The molecule has 0 aliphatic carbocycles. The number of hydrogen-bond acceptors (Lipinski definition) is 8. The number of nitrogens with one attached hydrogen (secondary N) is 1. The third kappa shape index (κ3) is 4.04. The van der Waals surface area contributed by atoms with Gasteiger partial charge in [-0.1, -0.05) is 59.5 Å². The highest BCUT2D eigenvalue weighted by atomic mass is 32.2. The third-order valence-corrected chi connectivity index (χ3v) is 8.91. The maximum Gasteiger partial charge on any atom is 0.265 e. The van der Waals surface area contributed by atoms with E-state index < -0.39 is 15.9 Å². The van der Waals surface area contributed by atoms with Crippen LogP contribution in [-0.4, -0.2) is 31.1 Å². The number of amides is 1. The van der Waals surface area contributed by atoms with Crippen molar-refractivity contribution in [2.45, 2.75) is 15.0 Å². The Hall–Kier alpha value is -3.46. The standard InChI is InChI=1S/C22H15N5O3S3/c23-11-14-7-9-15(10-8-14)13-31-22-26-25-21(32-22)24-19(28)12-27-17-5-1-3-16-4-2-6-18(20(16)17)33(27,29)30/h1-10H,12-13H2,(H,24,25,28). The quantitative estimate of drug-likeness (QED) is 0.319. The summed E-state index contributed by atoms with van der Waals surface area (Å²) in [5, 5.41) is 21.3. The van der Waals surface area contributed by atoms with Crippen LogP contribution in [0.2, 0.25) is 0 Å². The van der Waals surface area contributed by atoms with E-state index >= 15 is 0 Å². The molecule has 4 aromatic rings. The molecule has 0 bridgehead atoms. The summed E-state index contributed by atoms with van der Waals surface area (Å²) in [4.78, 5) is 12.9. The summed E-state index contributed by atoms with van der Waals surface area (Å²) in [5.74, 6) is 0.144. The van der Waals surface area contributed by atoms with Gasteiger partial charge in [0.15, 0.2) is 4.34 Å². The van der Waals surface area contributed by atoms with Crippen LogP contribution < -0.4 is 9.62 Å². The number of nitrogens with zero attached hydrogens (tertiary/aromatic N) is 4. The van der Waals surface area contributed by atoms with Gasteiger partial charge >= 0.3 is 0 Å². The topological polar surface area (TPSA) is 116 Å². The summed E-state index contributed by atoms with van der Waals surface area (Å²) < 4.78 is 27.8. The molecule has 0 atom stereocenters. The Morgan fingerprint density at radius 2 is 1.85 bits per heavy atom. The zero-order valence-electron chi connectivity index (χ0n) is 16.9. The van der Waals surface area contributed by atoms with Gasteiger partial charge in [-0.3, -0.25) is 14.4 Å². The molecular formula is C22H15N5O3S3. The van der Waals surface area contributed by atoms with Crippen LogP contribution in [0.1, 0.15) is 11.1 Å². The van der Waals surface area contributed by atoms with Gasteiger partial charge in [0.05, 0.1) is 22.2 Å². The molecule has 0 saturated heterocycles. The van der Waals surface area contributed by atoms with Gasteiger partial charge in [-0.05, 0) is 35.2 Å². The maximum absolute atomic E-state index is 13.0. The predicted octanol–water partition coefficient (Wildman–Crippen LogP) is 4.00. The smallest absolute Gasteiger partial charge is 0.265 e. The number of nitriles is 1. The van der Waals surface area contributed by atoms with Crippen LogP contribution in [0.5, 0.6) is 0 Å². The number of anilines is 2. The first-order valence-electron chi connectivity index (χ1n) is 9.75. The average molecular weight is 494 g/mol. The van der Waals surface area contributed by atoms with E-state index in [0.717, 1.165) is 15.3 Å². The first-order chi connectivity index (χ1) is 16.0. The summed E-state index contributed by atoms with van der Waals surface area (Å²) in [6.07, 6.45) is 0. The van der Waals surface area contributed by atoms with Crippen LogP contribution in [0.15, 0.2) is 69.9 Å². The second kappa shape index (κ2) is 8.47. The number of carbonyl (C=O) groups excluding carboxylic acids is 1. The second-order valence-electron chi connectivity index (χ2n) is 7.16. The van der Waals surface area contributed by atoms with Crippen LogP contribution in [0.3, 0.4) is 0 Å². The lowest BCUT2D eigenvalue weighted by molar-refractivity contribution is -0.114. The minimum Gasteiger partial charge on any atom is -0.299 e. The molecule has 3 aromatic carbocycles. The Balaban J connectivity index is 1.25. The number of benzene rings is 3. The van der Waals surface area contributed by atoms with Crippen molar-refractivity contribution in [1.29, 1.82) is 5.26 Å². The number of carbonyl (C=O) groups is 1.